The largest absolute Gasteiger partial charge is 0.507 e. The van der Waals surface area contributed by atoms with Gasteiger partial charge in [0.1, 0.15) is 11.5 Å². The number of benzene rings is 1. The van der Waals surface area contributed by atoms with Crippen LogP contribution < -0.4 is 0 Å². The lowest BCUT2D eigenvalue weighted by atomic mass is 9.66. The summed E-state index contributed by atoms with van der Waals surface area (Å²) in [5.74, 6) is -2.45. The number of hydrogen-bond acceptors (Lipinski definition) is 5. The third kappa shape index (κ3) is 2.63. The Balaban J connectivity index is 2.14. The number of carbonyl (C=O) groups excluding carboxylic acids is 2. The third-order valence-corrected chi connectivity index (χ3v) is 4.56. The third-order valence-electron chi connectivity index (χ3n) is 4.56. The molecule has 5 heteroatoms. The Kier molecular flexibility index (Phi) is 3.79. The minimum Gasteiger partial charge on any atom is -0.507 e. The molecule has 2 aliphatic rings. The molecule has 128 valence electrons. The molecule has 3 atom stereocenters. The van der Waals surface area contributed by atoms with Crippen LogP contribution in [0.2, 0.25) is 0 Å². The summed E-state index contributed by atoms with van der Waals surface area (Å²) in [5, 5.41) is 20.1. The topological polar surface area (TPSA) is 83.8 Å². The summed E-state index contributed by atoms with van der Waals surface area (Å²) >= 11 is 0. The Morgan fingerprint density at radius 2 is 1.58 bits per heavy atom. The molecule has 0 aliphatic heterocycles. The number of carbonyl (C=O) groups is 2. The van der Waals surface area contributed by atoms with Crippen molar-refractivity contribution < 1.29 is 24.5 Å². The zero-order valence-corrected chi connectivity index (χ0v) is 14.3. The van der Waals surface area contributed by atoms with E-state index in [4.69, 9.17) is 4.74 Å². The summed E-state index contributed by atoms with van der Waals surface area (Å²) in [6.45, 7) is 7.59. The predicted octanol–water partition coefficient (Wildman–Crippen LogP) is 3.24. The van der Waals surface area contributed by atoms with Gasteiger partial charge in [-0.2, -0.15) is 0 Å². The van der Waals surface area contributed by atoms with Crippen molar-refractivity contribution in [3.05, 3.63) is 34.9 Å². The summed E-state index contributed by atoms with van der Waals surface area (Å²) in [4.78, 5) is 26.0. The molecule has 1 aromatic carbocycles. The SMILES string of the molecule is CC1=CC(OC(C)(C)C)C2C(=O)c3c(O)ccc(O)c3C(=O)C2C1. The normalized spacial score (nSPS) is 26.7. The molecule has 5 nitrogen and oxygen atoms in total. The fourth-order valence-corrected chi connectivity index (χ4v) is 3.69. The predicted molar refractivity (Wildman–Crippen MR) is 88.4 cm³/mol. The first-order valence-corrected chi connectivity index (χ1v) is 8.08. The van der Waals surface area contributed by atoms with Gasteiger partial charge in [0.25, 0.3) is 0 Å². The summed E-state index contributed by atoms with van der Waals surface area (Å²) < 4.78 is 6.03. The maximum Gasteiger partial charge on any atom is 0.174 e. The van der Waals surface area contributed by atoms with E-state index >= 15 is 0 Å². The van der Waals surface area contributed by atoms with Gasteiger partial charge in [-0.15, -0.1) is 0 Å². The molecule has 0 spiro atoms. The van der Waals surface area contributed by atoms with Crippen LogP contribution in [0, 0.1) is 11.8 Å². The van der Waals surface area contributed by atoms with Gasteiger partial charge in [0.2, 0.25) is 0 Å². The van der Waals surface area contributed by atoms with Crippen LogP contribution in [0.5, 0.6) is 11.5 Å². The molecule has 0 heterocycles. The highest BCUT2D eigenvalue weighted by atomic mass is 16.5. The monoisotopic (exact) mass is 330 g/mol. The van der Waals surface area contributed by atoms with Crippen molar-refractivity contribution >= 4 is 11.6 Å². The quantitative estimate of drug-likeness (QED) is 0.610. The van der Waals surface area contributed by atoms with Crippen molar-refractivity contribution in [2.45, 2.75) is 45.8 Å². The smallest absolute Gasteiger partial charge is 0.174 e. The second-order valence-corrected chi connectivity index (χ2v) is 7.63. The average molecular weight is 330 g/mol. The van der Waals surface area contributed by atoms with Crippen molar-refractivity contribution in [1.29, 1.82) is 0 Å². The van der Waals surface area contributed by atoms with E-state index in [0.29, 0.717) is 6.42 Å². The summed E-state index contributed by atoms with van der Waals surface area (Å²) in [6, 6.07) is 2.48. The Morgan fingerprint density at radius 3 is 2.12 bits per heavy atom. The fraction of sp³-hybridized carbons (Fsp3) is 0.474. The van der Waals surface area contributed by atoms with Crippen molar-refractivity contribution in [2.24, 2.45) is 11.8 Å². The van der Waals surface area contributed by atoms with Crippen LogP contribution in [0.25, 0.3) is 0 Å². The van der Waals surface area contributed by atoms with Crippen molar-refractivity contribution in [1.82, 2.24) is 0 Å². The molecular formula is C19H22O5. The van der Waals surface area contributed by atoms with E-state index in [1.54, 1.807) is 0 Å². The molecule has 3 rings (SSSR count). The number of phenolic OH excluding ortho intramolecular Hbond substituents is 2. The molecule has 0 bridgehead atoms. The number of allylic oxidation sites excluding steroid dienone is 1. The van der Waals surface area contributed by atoms with Crippen LogP contribution in [0.1, 0.15) is 54.8 Å². The molecule has 0 saturated carbocycles. The molecular weight excluding hydrogens is 308 g/mol. The molecule has 0 amide bonds. The summed E-state index contributed by atoms with van der Waals surface area (Å²) in [5.41, 5.74) is 0.352. The zero-order valence-electron chi connectivity index (χ0n) is 14.3. The molecule has 24 heavy (non-hydrogen) atoms. The molecule has 0 radical (unpaired) electrons. The molecule has 2 aliphatic carbocycles. The molecule has 1 aromatic rings. The fourth-order valence-electron chi connectivity index (χ4n) is 3.69. The minimum atomic E-state index is -0.680. The second-order valence-electron chi connectivity index (χ2n) is 7.63. The average Bonchev–Trinajstić information content (AvgIpc) is 2.44. The van der Waals surface area contributed by atoms with Crippen molar-refractivity contribution in [3.8, 4) is 11.5 Å². The van der Waals surface area contributed by atoms with Gasteiger partial charge >= 0.3 is 0 Å². The first kappa shape index (κ1) is 16.7. The van der Waals surface area contributed by atoms with Crippen LogP contribution in [0.15, 0.2) is 23.8 Å². The lowest BCUT2D eigenvalue weighted by molar-refractivity contribution is -0.0667. The van der Waals surface area contributed by atoms with Crippen LogP contribution in [0.4, 0.5) is 0 Å². The number of ether oxygens (including phenoxy) is 1. The van der Waals surface area contributed by atoms with E-state index in [-0.39, 0.29) is 34.2 Å². The van der Waals surface area contributed by atoms with Gasteiger partial charge in [-0.1, -0.05) is 11.6 Å². The zero-order chi connectivity index (χ0) is 17.8. The minimum absolute atomic E-state index is 0.0644. The maximum absolute atomic E-state index is 13.0. The number of ketones is 2. The van der Waals surface area contributed by atoms with Crippen LogP contribution >= 0.6 is 0 Å². The van der Waals surface area contributed by atoms with Crippen LogP contribution in [-0.4, -0.2) is 33.5 Å². The van der Waals surface area contributed by atoms with E-state index in [0.717, 1.165) is 5.57 Å². The van der Waals surface area contributed by atoms with Crippen LogP contribution in [0.3, 0.4) is 0 Å². The van der Waals surface area contributed by atoms with Gasteiger partial charge < -0.3 is 14.9 Å². The second kappa shape index (κ2) is 5.45. The lowest BCUT2D eigenvalue weighted by Gasteiger charge is -2.40. The number of fused-ring (bicyclic) bond motifs is 2. The van der Waals surface area contributed by atoms with Gasteiger partial charge in [0, 0.05) is 5.92 Å². The summed E-state index contributed by atoms with van der Waals surface area (Å²) in [7, 11) is 0. The van der Waals surface area contributed by atoms with E-state index < -0.39 is 23.5 Å². The number of aromatic hydroxyl groups is 2. The molecule has 3 unspecified atom stereocenters. The van der Waals surface area contributed by atoms with Crippen molar-refractivity contribution in [2.75, 3.05) is 0 Å². The van der Waals surface area contributed by atoms with E-state index in [1.807, 2.05) is 33.8 Å². The Hall–Kier alpha value is -2.14. The highest BCUT2D eigenvalue weighted by Crippen LogP contribution is 2.45. The van der Waals surface area contributed by atoms with Gasteiger partial charge in [-0.05, 0) is 46.2 Å². The lowest BCUT2D eigenvalue weighted by Crippen LogP contribution is -2.47. The van der Waals surface area contributed by atoms with Crippen LogP contribution in [-0.2, 0) is 4.74 Å². The first-order valence-electron chi connectivity index (χ1n) is 8.08. The Morgan fingerprint density at radius 1 is 1.04 bits per heavy atom. The molecule has 0 saturated heterocycles. The Bertz CT molecular complexity index is 754. The van der Waals surface area contributed by atoms with E-state index in [9.17, 15) is 19.8 Å². The van der Waals surface area contributed by atoms with E-state index in [2.05, 4.69) is 0 Å². The number of hydrogen-bond donors (Lipinski definition) is 2. The molecule has 2 N–H and O–H groups in total. The van der Waals surface area contributed by atoms with Crippen molar-refractivity contribution in [3.63, 3.8) is 0 Å². The van der Waals surface area contributed by atoms with Gasteiger partial charge in [0.15, 0.2) is 11.6 Å². The number of rotatable bonds is 1. The molecule has 0 fully saturated rings. The Labute approximate surface area is 140 Å². The van der Waals surface area contributed by atoms with Gasteiger partial charge in [-0.3, -0.25) is 9.59 Å². The standard InChI is InChI=1S/C19H22O5/c1-9-7-10-14(13(8-9)24-19(2,3)4)18(23)16-12(21)6-5-11(20)15(16)17(10)22/h5-6,8,10,13-14,20-21H,7H2,1-4H3. The molecule has 0 aromatic heterocycles. The summed E-state index contributed by atoms with van der Waals surface area (Å²) in [6.07, 6.45) is 1.81. The van der Waals surface area contributed by atoms with Gasteiger partial charge in [0.05, 0.1) is 28.7 Å². The maximum atomic E-state index is 13.0. The van der Waals surface area contributed by atoms with Gasteiger partial charge in [-0.25, -0.2) is 0 Å². The number of phenols is 2. The first-order chi connectivity index (χ1) is 11.1. The highest BCUT2D eigenvalue weighted by molar-refractivity contribution is 6.19. The van der Waals surface area contributed by atoms with E-state index in [1.165, 1.54) is 12.1 Å². The highest BCUT2D eigenvalue weighted by Gasteiger charge is 2.49. The number of Topliss-reactive ketones (excluding diaryl/α,β-unsaturated/α-hetero) is 2.